The van der Waals surface area contributed by atoms with E-state index < -0.39 is 0 Å². The van der Waals surface area contributed by atoms with Crippen molar-refractivity contribution in [2.75, 3.05) is 11.9 Å². The predicted octanol–water partition coefficient (Wildman–Crippen LogP) is 4.04. The summed E-state index contributed by atoms with van der Waals surface area (Å²) in [7, 11) is 1.87. The van der Waals surface area contributed by atoms with Crippen molar-refractivity contribution in [1.29, 1.82) is 0 Å². The zero-order valence-electron chi connectivity index (χ0n) is 10.3. The van der Waals surface area contributed by atoms with E-state index in [0.717, 1.165) is 22.6 Å². The Morgan fingerprint density at radius 3 is 2.72 bits per heavy atom. The molecule has 1 aromatic carbocycles. The quantitative estimate of drug-likeness (QED) is 0.778. The van der Waals surface area contributed by atoms with E-state index in [1.807, 2.05) is 31.0 Å². The molecule has 2 nitrogen and oxygen atoms in total. The molecular weight excluding hydrogens is 251 g/mol. The number of halogens is 2. The molecule has 0 spiro atoms. The van der Waals surface area contributed by atoms with E-state index in [9.17, 15) is 4.39 Å². The number of rotatable bonds is 3. The van der Waals surface area contributed by atoms with Crippen LogP contribution in [0.2, 0.25) is 0 Å². The molecule has 0 fully saturated rings. The predicted molar refractivity (Wildman–Crippen MR) is 73.0 cm³/mol. The van der Waals surface area contributed by atoms with E-state index in [1.165, 1.54) is 12.1 Å². The van der Waals surface area contributed by atoms with Gasteiger partial charge in [-0.2, -0.15) is 0 Å². The fraction of sp³-hybridized carbons (Fsp3) is 0.214. The van der Waals surface area contributed by atoms with Crippen LogP contribution in [0.3, 0.4) is 0 Å². The third-order valence-corrected chi connectivity index (χ3v) is 3.08. The van der Waals surface area contributed by atoms with Crippen LogP contribution in [0.4, 0.5) is 15.9 Å². The molecule has 0 aliphatic heterocycles. The van der Waals surface area contributed by atoms with Crippen LogP contribution in [0.1, 0.15) is 11.1 Å². The van der Waals surface area contributed by atoms with Gasteiger partial charge in [0.15, 0.2) is 0 Å². The Labute approximate surface area is 111 Å². The Balaban J connectivity index is 2.37. The minimum absolute atomic E-state index is 0.255. The van der Waals surface area contributed by atoms with Gasteiger partial charge >= 0.3 is 0 Å². The minimum Gasteiger partial charge on any atom is -0.329 e. The molecule has 0 saturated carbocycles. The van der Waals surface area contributed by atoms with Gasteiger partial charge in [0.1, 0.15) is 11.6 Å². The number of nitrogens with zero attached hydrogens (tertiary/aromatic N) is 2. The third-order valence-electron chi connectivity index (χ3n) is 2.77. The fourth-order valence-electron chi connectivity index (χ4n) is 1.86. The lowest BCUT2D eigenvalue weighted by atomic mass is 10.2. The fourth-order valence-corrected chi connectivity index (χ4v) is 2.00. The van der Waals surface area contributed by atoms with Crippen LogP contribution in [0.5, 0.6) is 0 Å². The monoisotopic (exact) mass is 264 g/mol. The molecule has 2 aromatic rings. The summed E-state index contributed by atoms with van der Waals surface area (Å²) in [6, 6.07) is 8.43. The van der Waals surface area contributed by atoms with Crippen LogP contribution in [0, 0.1) is 12.7 Å². The Hall–Kier alpha value is -1.61. The molecule has 18 heavy (non-hydrogen) atoms. The summed E-state index contributed by atoms with van der Waals surface area (Å²) >= 11 is 5.77. The van der Waals surface area contributed by atoms with E-state index in [-0.39, 0.29) is 5.82 Å². The maximum atomic E-state index is 13.2. The zero-order valence-corrected chi connectivity index (χ0v) is 11.1. The molecule has 0 atom stereocenters. The molecule has 2 rings (SSSR count). The van der Waals surface area contributed by atoms with Gasteiger partial charge in [-0.05, 0) is 42.3 Å². The van der Waals surface area contributed by atoms with Crippen molar-refractivity contribution in [2.24, 2.45) is 0 Å². The number of alkyl halides is 1. The summed E-state index contributed by atoms with van der Waals surface area (Å²) < 4.78 is 13.2. The number of hydrogen-bond donors (Lipinski definition) is 0. The third kappa shape index (κ3) is 2.62. The summed E-state index contributed by atoms with van der Waals surface area (Å²) in [5.41, 5.74) is 2.76. The van der Waals surface area contributed by atoms with Gasteiger partial charge in [0, 0.05) is 24.8 Å². The largest absolute Gasteiger partial charge is 0.329 e. The van der Waals surface area contributed by atoms with Crippen molar-refractivity contribution in [3.63, 3.8) is 0 Å². The van der Waals surface area contributed by atoms with E-state index >= 15 is 0 Å². The average Bonchev–Trinajstić information content (AvgIpc) is 2.37. The van der Waals surface area contributed by atoms with Crippen molar-refractivity contribution in [3.8, 4) is 0 Å². The Morgan fingerprint density at radius 2 is 2.11 bits per heavy atom. The van der Waals surface area contributed by atoms with Crippen LogP contribution in [0.25, 0.3) is 0 Å². The SMILES string of the molecule is Cc1cc(CCl)cnc1N(C)c1cccc(F)c1. The van der Waals surface area contributed by atoms with Crippen LogP contribution >= 0.6 is 11.6 Å². The van der Waals surface area contributed by atoms with Crippen LogP contribution in [-0.4, -0.2) is 12.0 Å². The first-order valence-electron chi connectivity index (χ1n) is 5.62. The Bertz CT molecular complexity index is 557. The standard InChI is InChI=1S/C14H14ClFN2/c1-10-6-11(8-15)9-17-14(10)18(2)13-5-3-4-12(16)7-13/h3-7,9H,8H2,1-2H3. The summed E-state index contributed by atoms with van der Waals surface area (Å²) in [6.07, 6.45) is 1.74. The molecular formula is C14H14ClFN2. The molecule has 0 bridgehead atoms. The number of aromatic nitrogens is 1. The first-order chi connectivity index (χ1) is 8.61. The number of pyridine rings is 1. The number of benzene rings is 1. The van der Waals surface area contributed by atoms with Crippen molar-refractivity contribution < 1.29 is 4.39 Å². The molecule has 0 N–H and O–H groups in total. The van der Waals surface area contributed by atoms with Gasteiger partial charge in [-0.15, -0.1) is 11.6 Å². The average molecular weight is 265 g/mol. The molecule has 94 valence electrons. The normalized spacial score (nSPS) is 10.4. The lowest BCUT2D eigenvalue weighted by Crippen LogP contribution is -2.13. The summed E-state index contributed by atoms with van der Waals surface area (Å²) in [4.78, 5) is 6.23. The molecule has 0 aliphatic rings. The van der Waals surface area contributed by atoms with Gasteiger partial charge in [-0.1, -0.05) is 6.07 Å². The highest BCUT2D eigenvalue weighted by molar-refractivity contribution is 6.17. The van der Waals surface area contributed by atoms with E-state index in [2.05, 4.69) is 4.98 Å². The van der Waals surface area contributed by atoms with Gasteiger partial charge in [0.2, 0.25) is 0 Å². The molecule has 4 heteroatoms. The van der Waals surface area contributed by atoms with Crippen LogP contribution in [0.15, 0.2) is 36.5 Å². The second-order valence-corrected chi connectivity index (χ2v) is 4.42. The molecule has 0 radical (unpaired) electrons. The number of hydrogen-bond acceptors (Lipinski definition) is 2. The maximum Gasteiger partial charge on any atom is 0.135 e. The molecule has 0 aliphatic carbocycles. The van der Waals surface area contributed by atoms with E-state index in [4.69, 9.17) is 11.6 Å². The van der Waals surface area contributed by atoms with Crippen molar-refractivity contribution in [2.45, 2.75) is 12.8 Å². The molecule has 0 amide bonds. The number of anilines is 2. The van der Waals surface area contributed by atoms with Gasteiger partial charge in [0.05, 0.1) is 0 Å². The molecule has 0 saturated heterocycles. The van der Waals surface area contributed by atoms with Gasteiger partial charge in [-0.25, -0.2) is 9.37 Å². The summed E-state index contributed by atoms with van der Waals surface area (Å²) in [5, 5.41) is 0. The van der Waals surface area contributed by atoms with Gasteiger partial charge in [-0.3, -0.25) is 0 Å². The van der Waals surface area contributed by atoms with Gasteiger partial charge < -0.3 is 4.90 Å². The smallest absolute Gasteiger partial charge is 0.135 e. The Kier molecular flexibility index (Phi) is 3.82. The Morgan fingerprint density at radius 1 is 1.33 bits per heavy atom. The topological polar surface area (TPSA) is 16.1 Å². The van der Waals surface area contributed by atoms with E-state index in [1.54, 1.807) is 12.3 Å². The minimum atomic E-state index is -0.255. The summed E-state index contributed by atoms with van der Waals surface area (Å²) in [6.45, 7) is 1.97. The molecule has 0 unspecified atom stereocenters. The maximum absolute atomic E-state index is 13.2. The lowest BCUT2D eigenvalue weighted by molar-refractivity contribution is 0.628. The first-order valence-corrected chi connectivity index (χ1v) is 6.16. The zero-order chi connectivity index (χ0) is 13.1. The number of aryl methyl sites for hydroxylation is 1. The molecule has 1 heterocycles. The van der Waals surface area contributed by atoms with Crippen molar-refractivity contribution >= 4 is 23.1 Å². The van der Waals surface area contributed by atoms with E-state index in [0.29, 0.717) is 5.88 Å². The summed E-state index contributed by atoms with van der Waals surface area (Å²) in [5.74, 6) is 0.987. The van der Waals surface area contributed by atoms with Crippen molar-refractivity contribution in [3.05, 3.63) is 53.5 Å². The highest BCUT2D eigenvalue weighted by Crippen LogP contribution is 2.25. The first kappa shape index (κ1) is 12.8. The highest BCUT2D eigenvalue weighted by Gasteiger charge is 2.09. The second-order valence-electron chi connectivity index (χ2n) is 4.16. The second kappa shape index (κ2) is 5.36. The van der Waals surface area contributed by atoms with Crippen LogP contribution < -0.4 is 4.90 Å². The highest BCUT2D eigenvalue weighted by atomic mass is 35.5. The molecule has 1 aromatic heterocycles. The van der Waals surface area contributed by atoms with Crippen molar-refractivity contribution in [1.82, 2.24) is 4.98 Å². The lowest BCUT2D eigenvalue weighted by Gasteiger charge is -2.20. The van der Waals surface area contributed by atoms with Crippen LogP contribution in [-0.2, 0) is 5.88 Å². The van der Waals surface area contributed by atoms with Gasteiger partial charge in [0.25, 0.3) is 0 Å².